The van der Waals surface area contributed by atoms with Crippen LogP contribution in [0.3, 0.4) is 0 Å². The van der Waals surface area contributed by atoms with E-state index in [2.05, 4.69) is 64.6 Å². The van der Waals surface area contributed by atoms with E-state index in [-0.39, 0.29) is 5.84 Å². The van der Waals surface area contributed by atoms with Gasteiger partial charge < -0.3 is 10.6 Å². The summed E-state index contributed by atoms with van der Waals surface area (Å²) >= 11 is 0. The van der Waals surface area contributed by atoms with Gasteiger partial charge in [-0.3, -0.25) is 5.41 Å². The van der Waals surface area contributed by atoms with Crippen molar-refractivity contribution in [3.63, 3.8) is 0 Å². The molecule has 0 fully saturated rings. The number of oxime groups is 1. The van der Waals surface area contributed by atoms with Gasteiger partial charge in [0, 0.05) is 11.5 Å². The second kappa shape index (κ2) is 27.2. The summed E-state index contributed by atoms with van der Waals surface area (Å²) < 4.78 is 0. The molecule has 0 heterocycles. The van der Waals surface area contributed by atoms with Crippen LogP contribution in [0.1, 0.15) is 149 Å². The molecule has 224 valence electrons. The maximum absolute atomic E-state index is 6.28. The van der Waals surface area contributed by atoms with E-state index in [1.807, 2.05) is 26.0 Å². The van der Waals surface area contributed by atoms with Gasteiger partial charge in [0.15, 0.2) is 0 Å². The lowest BCUT2D eigenvalue weighted by atomic mass is 9.97. The van der Waals surface area contributed by atoms with Gasteiger partial charge in [0.1, 0.15) is 5.76 Å². The van der Waals surface area contributed by atoms with Gasteiger partial charge in [0.25, 0.3) is 0 Å². The fourth-order valence-corrected chi connectivity index (χ4v) is 4.11. The third-order valence-electron chi connectivity index (χ3n) is 6.66. The van der Waals surface area contributed by atoms with Gasteiger partial charge in [-0.1, -0.05) is 153 Å². The Labute approximate surface area is 243 Å². The van der Waals surface area contributed by atoms with Gasteiger partial charge in [-0.05, 0) is 45.2 Å². The molecule has 3 N–H and O–H groups in total. The average molecular weight is 542 g/mol. The molecule has 0 aliphatic carbocycles. The number of unbranched alkanes of at least 4 members (excludes halogenated alkanes) is 11. The van der Waals surface area contributed by atoms with E-state index in [9.17, 15) is 0 Å². The molecule has 0 aromatic heterocycles. The highest BCUT2D eigenvalue weighted by molar-refractivity contribution is 6.22. The minimum Gasteiger partial charge on any atom is -0.388 e. The lowest BCUT2D eigenvalue weighted by Crippen LogP contribution is -2.03. The number of nitrogens with two attached hydrogens (primary N) is 1. The minimum absolute atomic E-state index is 0.167. The monoisotopic (exact) mass is 541 g/mol. The number of hydrogen-bond acceptors (Lipinski definition) is 3. The third-order valence-corrected chi connectivity index (χ3v) is 6.66. The number of hydrogen-bond donors (Lipinski definition) is 2. The molecular weight excluding hydrogens is 478 g/mol. The Balaban J connectivity index is 0. The van der Waals surface area contributed by atoms with Crippen molar-refractivity contribution in [1.82, 2.24) is 0 Å². The summed E-state index contributed by atoms with van der Waals surface area (Å²) in [4.78, 5) is 5.56. The van der Waals surface area contributed by atoms with Crippen molar-refractivity contribution in [2.75, 3.05) is 0 Å². The van der Waals surface area contributed by atoms with E-state index in [0.29, 0.717) is 5.92 Å². The number of rotatable bonds is 18. The van der Waals surface area contributed by atoms with Crippen LogP contribution in [-0.4, -0.2) is 11.5 Å². The summed E-state index contributed by atoms with van der Waals surface area (Å²) in [5.74, 6) is 1.25. The molecular formula is C35H63N3O. The van der Waals surface area contributed by atoms with Gasteiger partial charge >= 0.3 is 0 Å². The van der Waals surface area contributed by atoms with Crippen LogP contribution < -0.4 is 5.73 Å². The molecule has 0 saturated carbocycles. The molecule has 0 bridgehead atoms. The van der Waals surface area contributed by atoms with Crippen LogP contribution in [0, 0.1) is 18.3 Å². The van der Waals surface area contributed by atoms with Crippen LogP contribution >= 0.6 is 0 Å². The molecule has 4 nitrogen and oxygen atoms in total. The number of aryl methyl sites for hydroxylation is 1. The highest BCUT2D eigenvalue weighted by atomic mass is 16.6. The standard InChI is InChI=1S/C20H29NO.C13H28.C2H6N2/c1-7-9-12-15(3)18(6)22-21-17(5)19(8-2)20-14-11-10-13-16(20)4;1-3-5-7-9-11-13-12-10-8-6-4-2;1-2(3)4/h8,10-11,13-15H,6-7,9,12H2,1-5H3;3-13H2,1-2H3;1H3,(H3,3,4)/b19-8-,21-17+;;/t15-;;/m0../s1. The smallest absolute Gasteiger partial charge is 0.130 e. The quantitative estimate of drug-likeness (QED) is 0.0637. The Kier molecular flexibility index (Phi) is 27.1. The van der Waals surface area contributed by atoms with Gasteiger partial charge in [0.2, 0.25) is 0 Å². The third kappa shape index (κ3) is 23.3. The Morgan fingerprint density at radius 3 is 1.74 bits per heavy atom. The van der Waals surface area contributed by atoms with E-state index in [0.717, 1.165) is 23.5 Å². The predicted molar refractivity (Wildman–Crippen MR) is 177 cm³/mol. The van der Waals surface area contributed by atoms with Crippen LogP contribution in [0.4, 0.5) is 0 Å². The topological polar surface area (TPSA) is 71.5 Å². The first kappa shape index (κ1) is 38.8. The summed E-state index contributed by atoms with van der Waals surface area (Å²) in [5, 5.41) is 10.6. The zero-order valence-electron chi connectivity index (χ0n) is 27.0. The molecule has 1 rings (SSSR count). The van der Waals surface area contributed by atoms with Crippen molar-refractivity contribution in [3.8, 4) is 0 Å². The first-order chi connectivity index (χ1) is 18.7. The highest BCUT2D eigenvalue weighted by Gasteiger charge is 2.10. The second-order valence-electron chi connectivity index (χ2n) is 10.7. The molecule has 0 saturated heterocycles. The number of nitrogens with zero attached hydrogens (tertiary/aromatic N) is 1. The molecule has 0 amide bonds. The maximum atomic E-state index is 6.28. The van der Waals surface area contributed by atoms with Crippen LogP contribution in [0.15, 0.2) is 47.8 Å². The van der Waals surface area contributed by atoms with Crippen molar-refractivity contribution in [1.29, 1.82) is 5.41 Å². The van der Waals surface area contributed by atoms with Crippen molar-refractivity contribution in [2.24, 2.45) is 16.8 Å². The van der Waals surface area contributed by atoms with Crippen molar-refractivity contribution < 1.29 is 4.84 Å². The number of nitrogens with one attached hydrogen (secondary N) is 1. The fourth-order valence-electron chi connectivity index (χ4n) is 4.11. The minimum atomic E-state index is 0.167. The Bertz CT molecular complexity index is 796. The normalized spacial score (nSPS) is 12.0. The zero-order valence-corrected chi connectivity index (χ0v) is 27.0. The molecule has 1 atom stereocenters. The lowest BCUT2D eigenvalue weighted by Gasteiger charge is -2.13. The first-order valence-electron chi connectivity index (χ1n) is 15.6. The van der Waals surface area contributed by atoms with E-state index in [1.54, 1.807) is 0 Å². The molecule has 4 heteroatoms. The molecule has 0 aliphatic heterocycles. The average Bonchev–Trinajstić information content (AvgIpc) is 2.91. The second-order valence-corrected chi connectivity index (χ2v) is 10.7. The predicted octanol–water partition coefficient (Wildman–Crippen LogP) is 11.4. The zero-order chi connectivity index (χ0) is 29.9. The summed E-state index contributed by atoms with van der Waals surface area (Å²) in [6, 6.07) is 8.32. The summed E-state index contributed by atoms with van der Waals surface area (Å²) in [5.41, 5.74) is 9.10. The molecule has 0 radical (unpaired) electrons. The Morgan fingerprint density at radius 2 is 1.33 bits per heavy atom. The molecule has 1 aromatic rings. The fraction of sp³-hybridized carbons (Fsp3) is 0.657. The van der Waals surface area contributed by atoms with Gasteiger partial charge in [-0.15, -0.1) is 0 Å². The first-order valence-corrected chi connectivity index (χ1v) is 15.6. The molecule has 39 heavy (non-hydrogen) atoms. The Morgan fingerprint density at radius 1 is 0.897 bits per heavy atom. The molecule has 0 unspecified atom stereocenters. The SMILES string of the molecule is C=C(O/N=C(C)/C(=C/C)c1ccccc1C)[C@@H](C)CCCC.CC(=N)N.CCCCCCCCCCCCC. The summed E-state index contributed by atoms with van der Waals surface area (Å²) in [6.07, 6.45) is 21.5. The lowest BCUT2D eigenvalue weighted by molar-refractivity contribution is 0.191. The van der Waals surface area contributed by atoms with E-state index >= 15 is 0 Å². The van der Waals surface area contributed by atoms with Gasteiger partial charge in [-0.2, -0.15) is 0 Å². The van der Waals surface area contributed by atoms with E-state index in [4.69, 9.17) is 16.0 Å². The molecule has 0 aliphatic rings. The molecule has 1 aromatic carbocycles. The van der Waals surface area contributed by atoms with Gasteiger partial charge in [0.05, 0.1) is 11.5 Å². The number of amidine groups is 1. The van der Waals surface area contributed by atoms with Crippen molar-refractivity contribution >= 4 is 17.1 Å². The van der Waals surface area contributed by atoms with Gasteiger partial charge in [-0.25, -0.2) is 0 Å². The largest absolute Gasteiger partial charge is 0.388 e. The summed E-state index contributed by atoms with van der Waals surface area (Å²) in [6.45, 7) is 20.5. The summed E-state index contributed by atoms with van der Waals surface area (Å²) in [7, 11) is 0. The van der Waals surface area contributed by atoms with Crippen LogP contribution in [0.5, 0.6) is 0 Å². The number of allylic oxidation sites excluding steroid dienone is 3. The number of benzene rings is 1. The van der Waals surface area contributed by atoms with Crippen LogP contribution in [0.25, 0.3) is 5.57 Å². The van der Waals surface area contributed by atoms with E-state index in [1.165, 1.54) is 102 Å². The van der Waals surface area contributed by atoms with Crippen molar-refractivity contribution in [2.45, 2.75) is 145 Å². The van der Waals surface area contributed by atoms with Crippen LogP contribution in [-0.2, 0) is 4.84 Å². The van der Waals surface area contributed by atoms with Crippen molar-refractivity contribution in [3.05, 3.63) is 53.8 Å². The highest BCUT2D eigenvalue weighted by Crippen LogP contribution is 2.22. The van der Waals surface area contributed by atoms with E-state index < -0.39 is 0 Å². The maximum Gasteiger partial charge on any atom is 0.130 e. The molecule has 0 spiro atoms. The Hall–Kier alpha value is -2.36. The van der Waals surface area contributed by atoms with Crippen LogP contribution in [0.2, 0.25) is 0 Å².